The van der Waals surface area contributed by atoms with Crippen molar-refractivity contribution in [2.24, 2.45) is 0 Å². The van der Waals surface area contributed by atoms with Gasteiger partial charge in [0.15, 0.2) is 11.6 Å². The first-order chi connectivity index (χ1) is 14.8. The maximum Gasteiger partial charge on any atom is 0.289 e. The fourth-order valence-corrected chi connectivity index (χ4v) is 3.50. The Kier molecular flexibility index (Phi) is 5.56. The molecular formula is C22H20ClN5O3. The molecule has 1 atom stereocenters. The Morgan fingerprint density at radius 1 is 1.23 bits per heavy atom. The third kappa shape index (κ3) is 4.06. The minimum absolute atomic E-state index is 0.0364. The van der Waals surface area contributed by atoms with E-state index in [0.717, 1.165) is 16.7 Å². The quantitative estimate of drug-likeness (QED) is 0.676. The Morgan fingerprint density at radius 3 is 2.77 bits per heavy atom. The van der Waals surface area contributed by atoms with Crippen LogP contribution >= 0.6 is 11.6 Å². The normalized spacial score (nSPS) is 15.7. The molecular weight excluding hydrogens is 418 g/mol. The highest BCUT2D eigenvalue weighted by Gasteiger charge is 2.32. The Hall–Kier alpha value is -3.52. The summed E-state index contributed by atoms with van der Waals surface area (Å²) in [5.41, 5.74) is 3.12. The van der Waals surface area contributed by atoms with Gasteiger partial charge < -0.3 is 10.1 Å². The van der Waals surface area contributed by atoms with Crippen LogP contribution in [0.4, 0.5) is 5.82 Å². The first-order valence-electron chi connectivity index (χ1n) is 9.61. The van der Waals surface area contributed by atoms with Crippen molar-refractivity contribution in [1.82, 2.24) is 20.3 Å². The minimum Gasteiger partial charge on any atom is -0.487 e. The van der Waals surface area contributed by atoms with Crippen molar-refractivity contribution in [1.29, 1.82) is 0 Å². The lowest BCUT2D eigenvalue weighted by atomic mass is 10.1. The third-order valence-corrected chi connectivity index (χ3v) is 5.25. The second-order valence-corrected chi connectivity index (χ2v) is 7.68. The summed E-state index contributed by atoms with van der Waals surface area (Å²) in [7, 11) is 1.59. The Labute approximate surface area is 184 Å². The molecule has 0 unspecified atom stereocenters. The van der Waals surface area contributed by atoms with E-state index in [1.807, 2.05) is 38.1 Å². The summed E-state index contributed by atoms with van der Waals surface area (Å²) in [5.74, 6) is -0.156. The fraction of sp³-hybridized carbons (Fsp3) is 0.227. The minimum atomic E-state index is -0.923. The van der Waals surface area contributed by atoms with Crippen LogP contribution in [0, 0.1) is 13.8 Å². The van der Waals surface area contributed by atoms with Gasteiger partial charge in [0.25, 0.3) is 11.8 Å². The van der Waals surface area contributed by atoms with E-state index < -0.39 is 11.9 Å². The number of hydrogen-bond acceptors (Lipinski definition) is 6. The molecule has 9 heteroatoms. The van der Waals surface area contributed by atoms with E-state index in [1.165, 1.54) is 11.1 Å². The molecule has 1 N–H and O–H groups in total. The summed E-state index contributed by atoms with van der Waals surface area (Å²) in [4.78, 5) is 39.8. The largest absolute Gasteiger partial charge is 0.487 e. The number of aryl methyl sites for hydroxylation is 2. The van der Waals surface area contributed by atoms with Crippen molar-refractivity contribution >= 4 is 29.2 Å². The molecule has 8 nitrogen and oxygen atoms in total. The molecule has 2 aromatic heterocycles. The van der Waals surface area contributed by atoms with Gasteiger partial charge in [-0.2, -0.15) is 0 Å². The maximum absolute atomic E-state index is 12.9. The maximum atomic E-state index is 12.9. The summed E-state index contributed by atoms with van der Waals surface area (Å²) in [6, 6.07) is 8.45. The van der Waals surface area contributed by atoms with Crippen LogP contribution in [0.5, 0.6) is 5.75 Å². The SMILES string of the molecule is Cc1cnc2c(c1)OC[C@H](NC(=O)c1ncc(Cl)c(-c3ccccc3C)n1)C(=O)N2C. The van der Waals surface area contributed by atoms with Gasteiger partial charge in [-0.15, -0.1) is 0 Å². The molecule has 0 aliphatic carbocycles. The highest BCUT2D eigenvalue weighted by atomic mass is 35.5. The lowest BCUT2D eigenvalue weighted by molar-refractivity contribution is -0.120. The smallest absolute Gasteiger partial charge is 0.289 e. The van der Waals surface area contributed by atoms with E-state index in [9.17, 15) is 9.59 Å². The number of ether oxygens (including phenoxy) is 1. The standard InChI is InChI=1S/C22H20ClN5O3/c1-12-8-17-20(25-9-12)28(3)22(30)16(11-31-17)26-21(29)19-24-10-15(23)18(27-19)14-7-5-4-6-13(14)2/h4-10,16H,11H2,1-3H3,(H,26,29)/t16-/m0/s1. The second kappa shape index (κ2) is 8.31. The van der Waals surface area contributed by atoms with Crippen LogP contribution in [0.25, 0.3) is 11.3 Å². The van der Waals surface area contributed by atoms with E-state index in [2.05, 4.69) is 20.3 Å². The second-order valence-electron chi connectivity index (χ2n) is 7.27. The van der Waals surface area contributed by atoms with Crippen LogP contribution in [-0.2, 0) is 4.79 Å². The summed E-state index contributed by atoms with van der Waals surface area (Å²) in [6.45, 7) is 3.77. The summed E-state index contributed by atoms with van der Waals surface area (Å²) >= 11 is 6.28. The zero-order valence-corrected chi connectivity index (χ0v) is 18.0. The zero-order chi connectivity index (χ0) is 22.1. The molecule has 0 saturated heterocycles. The lowest BCUT2D eigenvalue weighted by Crippen LogP contribution is -2.49. The van der Waals surface area contributed by atoms with Crippen molar-refractivity contribution in [3.05, 3.63) is 64.7 Å². The number of anilines is 1. The number of halogens is 1. The fourth-order valence-electron chi connectivity index (χ4n) is 3.31. The average Bonchev–Trinajstić information content (AvgIpc) is 2.86. The number of carbonyl (C=O) groups excluding carboxylic acids is 2. The molecule has 2 amide bonds. The average molecular weight is 438 g/mol. The topological polar surface area (TPSA) is 97.3 Å². The lowest BCUT2D eigenvalue weighted by Gasteiger charge is -2.19. The third-order valence-electron chi connectivity index (χ3n) is 4.97. The molecule has 158 valence electrons. The molecule has 0 fully saturated rings. The summed E-state index contributed by atoms with van der Waals surface area (Å²) in [6.07, 6.45) is 3.03. The van der Waals surface area contributed by atoms with Gasteiger partial charge in [0.1, 0.15) is 12.6 Å². The predicted octanol–water partition coefficient (Wildman–Crippen LogP) is 2.96. The first-order valence-corrected chi connectivity index (χ1v) is 9.99. The molecule has 1 aliphatic heterocycles. The molecule has 31 heavy (non-hydrogen) atoms. The van der Waals surface area contributed by atoms with Gasteiger partial charge in [0.05, 0.1) is 16.9 Å². The van der Waals surface area contributed by atoms with Crippen molar-refractivity contribution in [3.8, 4) is 17.0 Å². The van der Waals surface area contributed by atoms with Crippen LogP contribution < -0.4 is 15.0 Å². The van der Waals surface area contributed by atoms with Crippen LogP contribution in [0.2, 0.25) is 5.02 Å². The van der Waals surface area contributed by atoms with Gasteiger partial charge in [-0.25, -0.2) is 15.0 Å². The number of hydrogen-bond donors (Lipinski definition) is 1. The zero-order valence-electron chi connectivity index (χ0n) is 17.2. The highest BCUT2D eigenvalue weighted by Crippen LogP contribution is 2.29. The van der Waals surface area contributed by atoms with Crippen LogP contribution in [-0.4, -0.2) is 46.5 Å². The van der Waals surface area contributed by atoms with Gasteiger partial charge in [-0.1, -0.05) is 35.9 Å². The van der Waals surface area contributed by atoms with E-state index in [0.29, 0.717) is 22.3 Å². The molecule has 0 saturated carbocycles. The number of nitrogens with zero attached hydrogens (tertiary/aromatic N) is 4. The predicted molar refractivity (Wildman–Crippen MR) is 116 cm³/mol. The van der Waals surface area contributed by atoms with Crippen LogP contribution in [0.15, 0.2) is 42.7 Å². The number of amides is 2. The monoisotopic (exact) mass is 437 g/mol. The number of carbonyl (C=O) groups is 2. The number of fused-ring (bicyclic) bond motifs is 1. The van der Waals surface area contributed by atoms with E-state index in [-0.39, 0.29) is 18.3 Å². The summed E-state index contributed by atoms with van der Waals surface area (Å²) in [5, 5.41) is 3.00. The van der Waals surface area contributed by atoms with Crippen molar-refractivity contribution in [3.63, 3.8) is 0 Å². The number of rotatable bonds is 3. The molecule has 1 aliphatic rings. The number of pyridine rings is 1. The summed E-state index contributed by atoms with van der Waals surface area (Å²) < 4.78 is 5.75. The number of aromatic nitrogens is 3. The number of benzene rings is 1. The van der Waals surface area contributed by atoms with Gasteiger partial charge in [-0.05, 0) is 31.0 Å². The molecule has 3 heterocycles. The van der Waals surface area contributed by atoms with E-state index in [1.54, 1.807) is 19.3 Å². The van der Waals surface area contributed by atoms with Gasteiger partial charge in [0, 0.05) is 18.8 Å². The highest BCUT2D eigenvalue weighted by molar-refractivity contribution is 6.33. The number of nitrogens with one attached hydrogen (secondary N) is 1. The van der Waals surface area contributed by atoms with Gasteiger partial charge in [0.2, 0.25) is 5.82 Å². The first kappa shape index (κ1) is 20.7. The Morgan fingerprint density at radius 2 is 2.00 bits per heavy atom. The Bertz CT molecular complexity index is 1180. The van der Waals surface area contributed by atoms with Crippen molar-refractivity contribution in [2.45, 2.75) is 19.9 Å². The Balaban J connectivity index is 1.58. The molecule has 4 rings (SSSR count). The van der Waals surface area contributed by atoms with Gasteiger partial charge >= 0.3 is 0 Å². The molecule has 0 spiro atoms. The molecule has 3 aromatic rings. The van der Waals surface area contributed by atoms with Crippen molar-refractivity contribution in [2.75, 3.05) is 18.6 Å². The molecule has 1 aromatic carbocycles. The van der Waals surface area contributed by atoms with E-state index in [4.69, 9.17) is 16.3 Å². The van der Waals surface area contributed by atoms with Crippen molar-refractivity contribution < 1.29 is 14.3 Å². The number of likely N-dealkylation sites (N-methyl/N-ethyl adjacent to an activating group) is 1. The van der Waals surface area contributed by atoms with Gasteiger partial charge in [-0.3, -0.25) is 14.5 Å². The van der Waals surface area contributed by atoms with Crippen LogP contribution in [0.1, 0.15) is 21.7 Å². The van der Waals surface area contributed by atoms with E-state index >= 15 is 0 Å². The van der Waals surface area contributed by atoms with Crippen LogP contribution in [0.3, 0.4) is 0 Å². The molecule has 0 bridgehead atoms. The molecule has 0 radical (unpaired) electrons.